The van der Waals surface area contributed by atoms with E-state index in [1.54, 1.807) is 34.1 Å². The van der Waals surface area contributed by atoms with Gasteiger partial charge in [0.25, 0.3) is 0 Å². The second-order valence-corrected chi connectivity index (χ2v) is 17.4. The van der Waals surface area contributed by atoms with Crippen molar-refractivity contribution in [3.05, 3.63) is 12.7 Å². The average molecular weight is 1070 g/mol. The molecule has 21 heteroatoms. The normalized spacial score (nSPS) is 10.5. The van der Waals surface area contributed by atoms with Gasteiger partial charge in [0.2, 0.25) is 5.91 Å². The maximum atomic E-state index is 11.9. The molecular formula is C51H91NO18S2. The number of unbranched alkanes of at least 4 members (excludes halogenated alkanes) is 5. The van der Waals surface area contributed by atoms with Gasteiger partial charge in [-0.15, -0.1) is 19.2 Å². The van der Waals surface area contributed by atoms with Gasteiger partial charge in [-0.1, -0.05) is 17.8 Å². The molecule has 0 spiro atoms. The number of methoxy groups -OCH3 is 2. The highest BCUT2D eigenvalue weighted by Gasteiger charge is 2.09. The first-order valence-electron chi connectivity index (χ1n) is 25.5. The Labute approximate surface area is 440 Å². The molecule has 0 aliphatic heterocycles. The molecule has 0 rings (SSSR count). The number of allylic oxidation sites excluding steroid dienone is 1. The van der Waals surface area contributed by atoms with Gasteiger partial charge in [-0.3, -0.25) is 38.4 Å². The largest absolute Gasteiger partial charge is 0.466 e. The molecule has 0 aromatic heterocycles. The van der Waals surface area contributed by atoms with Crippen LogP contribution in [-0.4, -0.2) is 165 Å². The van der Waals surface area contributed by atoms with Crippen molar-refractivity contribution in [3.63, 3.8) is 0 Å². The molecular weight excluding hydrogens is 979 g/mol. The first-order valence-corrected chi connectivity index (χ1v) is 27.0. The Bertz CT molecular complexity index is 1370. The van der Waals surface area contributed by atoms with Gasteiger partial charge in [-0.2, -0.15) is 0 Å². The van der Waals surface area contributed by atoms with Gasteiger partial charge in [0, 0.05) is 90.9 Å². The molecule has 1 amide bonds. The molecule has 0 aliphatic carbocycles. The summed E-state index contributed by atoms with van der Waals surface area (Å²) in [7, 11) is 3.24. The highest BCUT2D eigenvalue weighted by Crippen LogP contribution is 2.14. The lowest BCUT2D eigenvalue weighted by molar-refractivity contribution is -0.145. The second kappa shape index (κ2) is 60.1. The van der Waals surface area contributed by atoms with Crippen LogP contribution in [0.4, 0.5) is 0 Å². The highest BCUT2D eigenvalue weighted by molar-refractivity contribution is 8.13. The fourth-order valence-electron chi connectivity index (χ4n) is 5.53. The van der Waals surface area contributed by atoms with Crippen molar-refractivity contribution >= 4 is 70.2 Å². The Balaban J connectivity index is -0.00000111. The van der Waals surface area contributed by atoms with Gasteiger partial charge in [-0.25, -0.2) is 0 Å². The molecule has 0 saturated heterocycles. The van der Waals surface area contributed by atoms with Crippen LogP contribution in [-0.2, 0) is 85.7 Å². The van der Waals surface area contributed by atoms with Crippen LogP contribution in [0.15, 0.2) is 12.7 Å². The van der Waals surface area contributed by atoms with Crippen LogP contribution in [0.5, 0.6) is 0 Å². The lowest BCUT2D eigenvalue weighted by atomic mass is 10.1. The third kappa shape index (κ3) is 64.6. The summed E-state index contributed by atoms with van der Waals surface area (Å²) in [6, 6.07) is 0. The van der Waals surface area contributed by atoms with Gasteiger partial charge >= 0.3 is 23.9 Å². The van der Waals surface area contributed by atoms with Gasteiger partial charge in [0.1, 0.15) is 5.78 Å². The Hall–Kier alpha value is -3.44. The number of hydrogen-bond acceptors (Lipinski definition) is 19. The van der Waals surface area contributed by atoms with Crippen LogP contribution < -0.4 is 5.32 Å². The van der Waals surface area contributed by atoms with E-state index in [0.29, 0.717) is 195 Å². The van der Waals surface area contributed by atoms with E-state index >= 15 is 0 Å². The Morgan fingerprint density at radius 3 is 1.43 bits per heavy atom. The van der Waals surface area contributed by atoms with Crippen molar-refractivity contribution in [1.82, 2.24) is 5.32 Å². The van der Waals surface area contributed by atoms with Crippen molar-refractivity contribution in [2.45, 2.75) is 149 Å². The van der Waals surface area contributed by atoms with Crippen molar-refractivity contribution < 1.29 is 85.7 Å². The molecule has 0 heterocycles. The molecule has 420 valence electrons. The third-order valence-corrected chi connectivity index (χ3v) is 10.6. The summed E-state index contributed by atoms with van der Waals surface area (Å²) < 4.78 is 50.7. The number of carbonyl (C=O) groups excluding carboxylic acids is 8. The summed E-state index contributed by atoms with van der Waals surface area (Å²) in [5.41, 5.74) is 0. The zero-order valence-electron chi connectivity index (χ0n) is 44.2. The lowest BCUT2D eigenvalue weighted by Crippen LogP contribution is -2.27. The Morgan fingerprint density at radius 2 is 0.917 bits per heavy atom. The van der Waals surface area contributed by atoms with Crippen LogP contribution in [0.3, 0.4) is 0 Å². The van der Waals surface area contributed by atoms with E-state index in [1.807, 2.05) is 0 Å². The van der Waals surface area contributed by atoms with E-state index in [-0.39, 0.29) is 45.8 Å². The fraction of sp³-hybridized carbons (Fsp3) is 0.804. The van der Waals surface area contributed by atoms with E-state index in [4.69, 9.17) is 47.4 Å². The summed E-state index contributed by atoms with van der Waals surface area (Å²) in [6.07, 6.45) is 13.8. The lowest BCUT2D eigenvalue weighted by Gasteiger charge is -2.07. The molecule has 0 fully saturated rings. The predicted molar refractivity (Wildman–Crippen MR) is 279 cm³/mol. The van der Waals surface area contributed by atoms with Crippen LogP contribution in [0.2, 0.25) is 0 Å². The monoisotopic (exact) mass is 1070 g/mol. The van der Waals surface area contributed by atoms with E-state index in [0.717, 1.165) is 44.9 Å². The van der Waals surface area contributed by atoms with E-state index in [1.165, 1.54) is 11.8 Å². The molecule has 0 aromatic rings. The Kier molecular flexibility index (Phi) is 60.8. The SMILES string of the molecule is C=CCCC(=O)OCCCCCC(=O)OCC.CCOC(=O)CCCCCOC(=O)CCCCSC(=O)CCCC(=O)CCCOCCOCCOC.COCCOCCOCCNC(=O)CCCC(=O)S. The smallest absolute Gasteiger partial charge is 0.306 e. The minimum Gasteiger partial charge on any atom is -0.466 e. The number of carbonyl (C=O) groups is 8. The number of thiol groups is 1. The van der Waals surface area contributed by atoms with Crippen molar-refractivity contribution in [3.8, 4) is 0 Å². The standard InChI is InChI=1S/C26H46O9S.C13H22O4.C12H23NO5S/c1-3-34-24(28)13-5-4-7-17-35-25(29)14-6-8-22-36-26(30)15-9-11-23(27)12-10-16-32-20-21-33-19-18-31-2;1-3-5-9-13(15)17-11-8-6-7-10-12(14)16-4-2;1-16-7-8-18-10-9-17-6-5-13-11(14)3-2-4-12(15)19/h3-22H2,1-2H3;3H,1,4-11H2,2H3;2-10H2,1H3,(H,13,14)(H,15,19). The number of nitrogens with one attached hydrogen (secondary N) is 1. The molecule has 0 atom stereocenters. The summed E-state index contributed by atoms with van der Waals surface area (Å²) in [5, 5.41) is 2.60. The quantitative estimate of drug-likeness (QED) is 0.0199. The van der Waals surface area contributed by atoms with Crippen molar-refractivity contribution in [1.29, 1.82) is 0 Å². The van der Waals surface area contributed by atoms with E-state index < -0.39 is 0 Å². The van der Waals surface area contributed by atoms with Gasteiger partial charge < -0.3 is 52.7 Å². The first-order chi connectivity index (χ1) is 34.9. The number of ketones is 1. The molecule has 0 bridgehead atoms. The Morgan fingerprint density at radius 1 is 0.458 bits per heavy atom. The van der Waals surface area contributed by atoms with Crippen molar-refractivity contribution in [2.24, 2.45) is 0 Å². The molecule has 19 nitrogen and oxygen atoms in total. The van der Waals surface area contributed by atoms with Crippen molar-refractivity contribution in [2.75, 3.05) is 119 Å². The number of rotatable bonds is 49. The van der Waals surface area contributed by atoms with E-state index in [9.17, 15) is 38.4 Å². The average Bonchev–Trinajstić information content (AvgIpc) is 3.34. The molecule has 0 unspecified atom stereocenters. The minimum absolute atomic E-state index is 0.0745. The molecule has 0 saturated carbocycles. The maximum absolute atomic E-state index is 11.9. The number of hydrogen-bond donors (Lipinski definition) is 2. The second-order valence-electron chi connectivity index (χ2n) is 15.7. The molecule has 0 aromatic carbocycles. The predicted octanol–water partition coefficient (Wildman–Crippen LogP) is 7.31. The minimum atomic E-state index is -0.226. The fourth-order valence-corrected chi connectivity index (χ4v) is 6.56. The van der Waals surface area contributed by atoms with Crippen LogP contribution in [0.25, 0.3) is 0 Å². The van der Waals surface area contributed by atoms with Gasteiger partial charge in [-0.05, 0) is 90.9 Å². The first kappa shape index (κ1) is 72.8. The molecule has 72 heavy (non-hydrogen) atoms. The topological polar surface area (TPSA) is 241 Å². The van der Waals surface area contributed by atoms with Crippen LogP contribution >= 0.6 is 24.4 Å². The summed E-state index contributed by atoms with van der Waals surface area (Å²) >= 11 is 4.90. The molecule has 0 aliphatic rings. The maximum Gasteiger partial charge on any atom is 0.306 e. The number of Topliss-reactive ketones (excluding diaryl/α,β-unsaturated/α-hetero) is 1. The third-order valence-electron chi connectivity index (χ3n) is 9.33. The van der Waals surface area contributed by atoms with Crippen LogP contribution in [0, 0.1) is 0 Å². The number of esters is 4. The zero-order chi connectivity index (χ0) is 54.0. The van der Waals surface area contributed by atoms with Crippen LogP contribution in [0.1, 0.15) is 149 Å². The molecule has 1 N–H and O–H groups in total. The summed E-state index contributed by atoms with van der Waals surface area (Å²) in [6.45, 7) is 14.4. The zero-order valence-corrected chi connectivity index (χ0v) is 45.9. The highest BCUT2D eigenvalue weighted by atomic mass is 32.2. The number of thioether (sulfide) groups is 1. The summed E-state index contributed by atoms with van der Waals surface area (Å²) in [4.78, 5) is 90.7. The van der Waals surface area contributed by atoms with E-state index in [2.05, 4.69) is 24.5 Å². The molecule has 0 radical (unpaired) electrons. The van der Waals surface area contributed by atoms with Gasteiger partial charge in [0.05, 0.1) is 85.9 Å². The summed E-state index contributed by atoms with van der Waals surface area (Å²) in [5.74, 6) is -0.00456. The number of amides is 1. The van der Waals surface area contributed by atoms with Gasteiger partial charge in [0.15, 0.2) is 10.2 Å². The number of ether oxygens (including phenoxy) is 10.